The van der Waals surface area contributed by atoms with E-state index in [1.807, 2.05) is 0 Å². The van der Waals surface area contributed by atoms with Crippen molar-refractivity contribution in [2.45, 2.75) is 25.1 Å². The Morgan fingerprint density at radius 1 is 1.30 bits per heavy atom. The molecule has 0 saturated heterocycles. The van der Waals surface area contributed by atoms with Gasteiger partial charge < -0.3 is 15.3 Å². The first-order valence-electron chi connectivity index (χ1n) is 6.51. The van der Waals surface area contributed by atoms with Gasteiger partial charge in [-0.1, -0.05) is 6.07 Å². The van der Waals surface area contributed by atoms with Crippen LogP contribution < -0.4 is 5.32 Å². The zero-order chi connectivity index (χ0) is 17.8. The molecule has 0 radical (unpaired) electrons. The van der Waals surface area contributed by atoms with Crippen molar-refractivity contribution in [3.05, 3.63) is 30.1 Å². The van der Waals surface area contributed by atoms with E-state index in [0.29, 0.717) is 6.92 Å². The van der Waals surface area contributed by atoms with Crippen LogP contribution in [0.4, 0.5) is 23.2 Å². The normalized spacial score (nSPS) is 14.0. The molecular formula is C14H16F4N2O3. The summed E-state index contributed by atoms with van der Waals surface area (Å²) in [6.45, 7) is -0.0607. The Hall–Kier alpha value is -2.16. The average molecular weight is 336 g/mol. The van der Waals surface area contributed by atoms with Crippen molar-refractivity contribution in [1.82, 2.24) is 4.90 Å². The number of rotatable bonds is 5. The standard InChI is InChI=1S/C14H16F4N2O3/c1-13(23,14(16,17)18)7-12(22)20(2)8-11(21)19-10-5-3-4-9(15)6-10/h3-6,23H,7-8H2,1-2H3,(H,19,21)/t13-/m0/s1. The molecule has 5 nitrogen and oxygen atoms in total. The quantitative estimate of drug-likeness (QED) is 0.807. The first-order chi connectivity index (χ1) is 10.4. The molecule has 1 aromatic rings. The molecule has 0 spiro atoms. The molecule has 0 saturated carbocycles. The third-order valence-corrected chi connectivity index (χ3v) is 3.02. The molecule has 9 heteroatoms. The topological polar surface area (TPSA) is 69.6 Å². The highest BCUT2D eigenvalue weighted by molar-refractivity contribution is 5.94. The molecule has 1 rings (SSSR count). The molecule has 23 heavy (non-hydrogen) atoms. The summed E-state index contributed by atoms with van der Waals surface area (Å²) in [5.74, 6) is -2.34. The Kier molecular flexibility index (Phi) is 5.70. The van der Waals surface area contributed by atoms with Crippen LogP contribution in [-0.4, -0.2) is 47.2 Å². The van der Waals surface area contributed by atoms with Crippen LogP contribution in [0, 0.1) is 5.82 Å². The van der Waals surface area contributed by atoms with Gasteiger partial charge >= 0.3 is 6.18 Å². The highest BCUT2D eigenvalue weighted by Crippen LogP contribution is 2.32. The van der Waals surface area contributed by atoms with Crippen molar-refractivity contribution in [3.63, 3.8) is 0 Å². The Morgan fingerprint density at radius 3 is 2.43 bits per heavy atom. The molecule has 128 valence electrons. The number of halogens is 4. The molecule has 0 aliphatic rings. The van der Waals surface area contributed by atoms with Gasteiger partial charge in [-0.3, -0.25) is 9.59 Å². The van der Waals surface area contributed by atoms with E-state index in [1.165, 1.54) is 18.2 Å². The molecule has 0 aliphatic heterocycles. The first-order valence-corrected chi connectivity index (χ1v) is 6.51. The van der Waals surface area contributed by atoms with Gasteiger partial charge in [-0.2, -0.15) is 13.2 Å². The second kappa shape index (κ2) is 6.95. The monoisotopic (exact) mass is 336 g/mol. The van der Waals surface area contributed by atoms with E-state index < -0.39 is 42.4 Å². The number of amides is 2. The van der Waals surface area contributed by atoms with E-state index in [9.17, 15) is 32.3 Å². The van der Waals surface area contributed by atoms with Crippen LogP contribution in [0.1, 0.15) is 13.3 Å². The molecule has 2 N–H and O–H groups in total. The van der Waals surface area contributed by atoms with Crippen molar-refractivity contribution in [1.29, 1.82) is 0 Å². The van der Waals surface area contributed by atoms with Gasteiger partial charge in [-0.25, -0.2) is 4.39 Å². The van der Waals surface area contributed by atoms with E-state index in [0.717, 1.165) is 18.0 Å². The van der Waals surface area contributed by atoms with Crippen LogP contribution in [0.5, 0.6) is 0 Å². The zero-order valence-electron chi connectivity index (χ0n) is 12.4. The maximum atomic E-state index is 13.0. The fourth-order valence-corrected chi connectivity index (χ4v) is 1.60. The van der Waals surface area contributed by atoms with Crippen molar-refractivity contribution in [2.75, 3.05) is 18.9 Å². The van der Waals surface area contributed by atoms with E-state index >= 15 is 0 Å². The Bertz CT molecular complexity index is 588. The third kappa shape index (κ3) is 5.51. The molecule has 0 aliphatic carbocycles. The molecule has 1 atom stereocenters. The van der Waals surface area contributed by atoms with Gasteiger partial charge in [0.2, 0.25) is 11.8 Å². The number of anilines is 1. The summed E-state index contributed by atoms with van der Waals surface area (Å²) in [7, 11) is 1.12. The van der Waals surface area contributed by atoms with Crippen molar-refractivity contribution < 1.29 is 32.3 Å². The fourth-order valence-electron chi connectivity index (χ4n) is 1.60. The smallest absolute Gasteiger partial charge is 0.380 e. The first kappa shape index (κ1) is 18.9. The van der Waals surface area contributed by atoms with E-state index in [1.54, 1.807) is 0 Å². The molecule has 1 aromatic carbocycles. The molecule has 2 amide bonds. The lowest BCUT2D eigenvalue weighted by Gasteiger charge is -2.27. The number of hydrogen-bond donors (Lipinski definition) is 2. The maximum Gasteiger partial charge on any atom is 0.417 e. The van der Waals surface area contributed by atoms with Crippen molar-refractivity contribution in [3.8, 4) is 0 Å². The predicted molar refractivity (Wildman–Crippen MR) is 74.0 cm³/mol. The number of nitrogens with zero attached hydrogens (tertiary/aromatic N) is 1. The lowest BCUT2D eigenvalue weighted by molar-refractivity contribution is -0.254. The van der Waals surface area contributed by atoms with E-state index in [4.69, 9.17) is 0 Å². The molecule has 0 bridgehead atoms. The maximum absolute atomic E-state index is 13.0. The van der Waals surface area contributed by atoms with E-state index in [2.05, 4.69) is 5.32 Å². The summed E-state index contributed by atoms with van der Waals surface area (Å²) >= 11 is 0. The Labute approximate surface area is 129 Å². The van der Waals surface area contributed by atoms with Gasteiger partial charge in [0.05, 0.1) is 13.0 Å². The minimum absolute atomic E-state index is 0.151. The van der Waals surface area contributed by atoms with Gasteiger partial charge in [-0.05, 0) is 25.1 Å². The van der Waals surface area contributed by atoms with Crippen LogP contribution in [0.2, 0.25) is 0 Å². The zero-order valence-corrected chi connectivity index (χ0v) is 12.4. The highest BCUT2D eigenvalue weighted by atomic mass is 19.4. The van der Waals surface area contributed by atoms with Crippen LogP contribution >= 0.6 is 0 Å². The average Bonchev–Trinajstić information content (AvgIpc) is 2.36. The van der Waals surface area contributed by atoms with Gasteiger partial charge in [0.1, 0.15) is 5.82 Å². The summed E-state index contributed by atoms with van der Waals surface area (Å²) in [4.78, 5) is 24.1. The van der Waals surface area contributed by atoms with Gasteiger partial charge in [0.25, 0.3) is 0 Å². The van der Waals surface area contributed by atoms with Crippen molar-refractivity contribution >= 4 is 17.5 Å². The Balaban J connectivity index is 2.60. The number of aliphatic hydroxyl groups is 1. The number of alkyl halides is 3. The minimum atomic E-state index is -4.96. The predicted octanol–water partition coefficient (Wildman–Crippen LogP) is 1.93. The van der Waals surface area contributed by atoms with Gasteiger partial charge in [0.15, 0.2) is 5.60 Å². The summed E-state index contributed by atoms with van der Waals surface area (Å²) in [6.07, 6.45) is -6.17. The molecule has 0 unspecified atom stereocenters. The highest BCUT2D eigenvalue weighted by Gasteiger charge is 2.51. The molecule has 0 fully saturated rings. The van der Waals surface area contributed by atoms with Crippen LogP contribution in [0.15, 0.2) is 24.3 Å². The van der Waals surface area contributed by atoms with Gasteiger partial charge in [-0.15, -0.1) is 0 Å². The fraction of sp³-hybridized carbons (Fsp3) is 0.429. The SMILES string of the molecule is CN(CC(=O)Nc1cccc(F)c1)C(=O)C[C@](C)(O)C(F)(F)F. The largest absolute Gasteiger partial charge is 0.417 e. The second-order valence-electron chi connectivity index (χ2n) is 5.26. The molecule has 0 aromatic heterocycles. The number of carbonyl (C=O) groups is 2. The minimum Gasteiger partial charge on any atom is -0.380 e. The van der Waals surface area contributed by atoms with Crippen molar-refractivity contribution in [2.24, 2.45) is 0 Å². The number of benzene rings is 1. The number of nitrogens with one attached hydrogen (secondary N) is 1. The summed E-state index contributed by atoms with van der Waals surface area (Å²) in [6, 6.07) is 5.00. The van der Waals surface area contributed by atoms with E-state index in [-0.39, 0.29) is 5.69 Å². The second-order valence-corrected chi connectivity index (χ2v) is 5.26. The summed E-state index contributed by atoms with van der Waals surface area (Å²) < 4.78 is 50.5. The molecular weight excluding hydrogens is 320 g/mol. The third-order valence-electron chi connectivity index (χ3n) is 3.02. The van der Waals surface area contributed by atoms with Crippen LogP contribution in [0.3, 0.4) is 0 Å². The lowest BCUT2D eigenvalue weighted by atomic mass is 10.0. The Morgan fingerprint density at radius 2 is 1.91 bits per heavy atom. The number of carbonyl (C=O) groups excluding carboxylic acids is 2. The lowest BCUT2D eigenvalue weighted by Crippen LogP contribution is -2.47. The van der Waals surface area contributed by atoms with Crippen LogP contribution in [0.25, 0.3) is 0 Å². The molecule has 0 heterocycles. The number of likely N-dealkylation sites (N-methyl/N-ethyl adjacent to an activating group) is 1. The summed E-state index contributed by atoms with van der Waals surface area (Å²) in [5, 5.41) is 11.6. The van der Waals surface area contributed by atoms with Crippen LogP contribution in [-0.2, 0) is 9.59 Å². The van der Waals surface area contributed by atoms with Gasteiger partial charge in [0, 0.05) is 12.7 Å². The number of hydrogen-bond acceptors (Lipinski definition) is 3. The summed E-state index contributed by atoms with van der Waals surface area (Å²) in [5.41, 5.74) is -3.03.